The zero-order valence-electron chi connectivity index (χ0n) is 52.0. The summed E-state index contributed by atoms with van der Waals surface area (Å²) in [7, 11) is 0. The second-order valence-electron chi connectivity index (χ2n) is 23.9. The van der Waals surface area contributed by atoms with Crippen LogP contribution in [0, 0.1) is 0 Å². The molecule has 0 aliphatic heterocycles. The van der Waals surface area contributed by atoms with Gasteiger partial charge in [0.25, 0.3) is 0 Å². The predicted octanol–water partition coefficient (Wildman–Crippen LogP) is 22.3. The first kappa shape index (κ1) is 75.1. The molecule has 0 saturated heterocycles. The van der Waals surface area contributed by atoms with Gasteiger partial charge in [0.05, 0.1) is 25.4 Å². The highest BCUT2D eigenvalue weighted by atomic mass is 16.5. The third kappa shape index (κ3) is 63.1. The minimum atomic E-state index is -0.842. The number of amides is 1. The molecule has 2 unspecified atom stereocenters. The maximum absolute atomic E-state index is 12.5. The fraction of sp³-hybridized carbons (Fsp3) is 0.887. The Bertz CT molecular complexity index is 1250. The van der Waals surface area contributed by atoms with Crippen molar-refractivity contribution in [1.82, 2.24) is 5.32 Å². The molecule has 1 amide bonds. The Morgan fingerprint density at radius 1 is 0.364 bits per heavy atom. The van der Waals surface area contributed by atoms with Gasteiger partial charge in [-0.15, -0.1) is 0 Å². The first-order valence-corrected chi connectivity index (χ1v) is 34.8. The molecule has 6 nitrogen and oxygen atoms in total. The second kappa shape index (κ2) is 66.6. The molecular weight excluding hydrogens is 947 g/mol. The number of carbonyl (C=O) groups is 2. The van der Waals surface area contributed by atoms with E-state index in [-0.39, 0.29) is 18.5 Å². The van der Waals surface area contributed by atoms with E-state index in [1.807, 2.05) is 6.08 Å². The number of aliphatic hydroxyl groups excluding tert-OH is 2. The standard InChI is InChI=1S/C71H135NO5/c1-3-5-7-9-11-13-15-17-19-20-34-37-41-45-49-53-57-61-65-71(76)77-66-62-58-54-50-46-42-38-35-32-30-28-26-24-22-21-23-25-27-29-31-33-36-40-44-48-52-56-60-64-70(75)72-68(67-73)69(74)63-59-55-51-47-43-39-18-16-14-12-10-8-6-4-2/h13,15,19-20,59,63,68-69,73-74H,3-12,14,16-18,21-58,60-62,64-67H2,1-2H3,(H,72,75)/b15-13-,20-19-,63-59+. The number of aliphatic hydroxyl groups is 2. The summed E-state index contributed by atoms with van der Waals surface area (Å²) in [6.07, 6.45) is 85.1. The molecule has 0 fully saturated rings. The molecule has 0 aromatic rings. The molecule has 0 radical (unpaired) electrons. The molecule has 0 aromatic carbocycles. The predicted molar refractivity (Wildman–Crippen MR) is 338 cm³/mol. The van der Waals surface area contributed by atoms with Gasteiger partial charge in [0.15, 0.2) is 0 Å². The molecule has 0 aliphatic rings. The maximum Gasteiger partial charge on any atom is 0.305 e. The van der Waals surface area contributed by atoms with Crippen LogP contribution in [0.5, 0.6) is 0 Å². The number of ether oxygens (including phenoxy) is 1. The summed E-state index contributed by atoms with van der Waals surface area (Å²) < 4.78 is 5.50. The van der Waals surface area contributed by atoms with Crippen LogP contribution in [-0.4, -0.2) is 47.4 Å². The number of allylic oxidation sites excluding steroid dienone is 5. The molecule has 0 aromatic heterocycles. The van der Waals surface area contributed by atoms with Gasteiger partial charge < -0.3 is 20.3 Å². The van der Waals surface area contributed by atoms with Gasteiger partial charge in [-0.05, 0) is 64.2 Å². The van der Waals surface area contributed by atoms with Crippen molar-refractivity contribution in [3.05, 3.63) is 36.5 Å². The lowest BCUT2D eigenvalue weighted by molar-refractivity contribution is -0.143. The van der Waals surface area contributed by atoms with E-state index in [9.17, 15) is 19.8 Å². The normalized spacial score (nSPS) is 12.7. The lowest BCUT2D eigenvalue weighted by Crippen LogP contribution is -2.45. The first-order chi connectivity index (χ1) is 38.0. The second-order valence-corrected chi connectivity index (χ2v) is 23.9. The number of carbonyl (C=O) groups excluding carboxylic acids is 2. The maximum atomic E-state index is 12.5. The van der Waals surface area contributed by atoms with E-state index in [1.165, 1.54) is 302 Å². The summed E-state index contributed by atoms with van der Waals surface area (Å²) >= 11 is 0. The summed E-state index contributed by atoms with van der Waals surface area (Å²) in [4.78, 5) is 24.6. The van der Waals surface area contributed by atoms with Crippen LogP contribution >= 0.6 is 0 Å². The molecule has 0 aliphatic carbocycles. The van der Waals surface area contributed by atoms with Gasteiger partial charge in [-0.2, -0.15) is 0 Å². The zero-order valence-corrected chi connectivity index (χ0v) is 52.0. The molecule has 0 saturated carbocycles. The largest absolute Gasteiger partial charge is 0.466 e. The smallest absolute Gasteiger partial charge is 0.305 e. The Morgan fingerprint density at radius 2 is 0.649 bits per heavy atom. The number of esters is 1. The number of rotatable bonds is 65. The third-order valence-electron chi connectivity index (χ3n) is 16.2. The molecule has 3 N–H and O–H groups in total. The molecule has 0 heterocycles. The average Bonchev–Trinajstić information content (AvgIpc) is 3.43. The van der Waals surface area contributed by atoms with Gasteiger partial charge in [0, 0.05) is 12.8 Å². The van der Waals surface area contributed by atoms with Crippen LogP contribution in [0.25, 0.3) is 0 Å². The minimum Gasteiger partial charge on any atom is -0.466 e. The van der Waals surface area contributed by atoms with E-state index in [2.05, 4.69) is 43.5 Å². The van der Waals surface area contributed by atoms with Gasteiger partial charge >= 0.3 is 5.97 Å². The van der Waals surface area contributed by atoms with Crippen molar-refractivity contribution >= 4 is 11.9 Å². The van der Waals surface area contributed by atoms with Crippen LogP contribution in [0.3, 0.4) is 0 Å². The highest BCUT2D eigenvalue weighted by Gasteiger charge is 2.18. The van der Waals surface area contributed by atoms with Gasteiger partial charge in [0.2, 0.25) is 5.91 Å². The van der Waals surface area contributed by atoms with E-state index < -0.39 is 12.1 Å². The van der Waals surface area contributed by atoms with Crippen molar-refractivity contribution in [2.45, 2.75) is 392 Å². The number of hydrogen-bond acceptors (Lipinski definition) is 5. The SMILES string of the molecule is CCCCCC/C=C\C/C=C\CCCCCCCCCC(=O)OCCCCCCCCCCCCCCCCCCCCCCCCCCCCCCC(=O)NC(CO)C(O)/C=C/CCCCCCCCCCCCCC. The van der Waals surface area contributed by atoms with Gasteiger partial charge in [-0.3, -0.25) is 9.59 Å². The lowest BCUT2D eigenvalue weighted by Gasteiger charge is -2.20. The van der Waals surface area contributed by atoms with Crippen LogP contribution in [0.1, 0.15) is 380 Å². The van der Waals surface area contributed by atoms with Crippen LogP contribution in [-0.2, 0) is 14.3 Å². The molecule has 454 valence electrons. The Balaban J connectivity index is 3.35. The molecule has 2 atom stereocenters. The van der Waals surface area contributed by atoms with Gasteiger partial charge in [-0.25, -0.2) is 0 Å². The van der Waals surface area contributed by atoms with Crippen LogP contribution in [0.15, 0.2) is 36.5 Å². The third-order valence-corrected chi connectivity index (χ3v) is 16.2. The minimum absolute atomic E-state index is 0.0114. The van der Waals surface area contributed by atoms with Crippen molar-refractivity contribution in [1.29, 1.82) is 0 Å². The topological polar surface area (TPSA) is 95.9 Å². The lowest BCUT2D eigenvalue weighted by atomic mass is 10.0. The summed E-state index contributed by atoms with van der Waals surface area (Å²) in [5, 5.41) is 23.1. The average molecular weight is 1080 g/mol. The summed E-state index contributed by atoms with van der Waals surface area (Å²) in [5.41, 5.74) is 0. The highest BCUT2D eigenvalue weighted by molar-refractivity contribution is 5.76. The van der Waals surface area contributed by atoms with Crippen molar-refractivity contribution in [2.75, 3.05) is 13.2 Å². The molecule has 6 heteroatoms. The Hall–Kier alpha value is -1.92. The summed E-state index contributed by atoms with van der Waals surface area (Å²) in [5.74, 6) is -0.0519. The fourth-order valence-corrected chi connectivity index (χ4v) is 10.8. The van der Waals surface area contributed by atoms with Crippen LogP contribution < -0.4 is 5.32 Å². The van der Waals surface area contributed by atoms with E-state index in [0.717, 1.165) is 51.4 Å². The fourth-order valence-electron chi connectivity index (χ4n) is 10.8. The number of nitrogens with one attached hydrogen (secondary N) is 1. The van der Waals surface area contributed by atoms with E-state index in [4.69, 9.17) is 4.74 Å². The molecule has 0 rings (SSSR count). The van der Waals surface area contributed by atoms with Crippen molar-refractivity contribution in [2.24, 2.45) is 0 Å². The van der Waals surface area contributed by atoms with Crippen molar-refractivity contribution in [3.8, 4) is 0 Å². The van der Waals surface area contributed by atoms with Crippen molar-refractivity contribution < 1.29 is 24.5 Å². The Morgan fingerprint density at radius 3 is 1.00 bits per heavy atom. The number of unbranched alkanes of at least 4 members (excludes halogenated alkanes) is 50. The Labute approximate surface area is 481 Å². The molecule has 77 heavy (non-hydrogen) atoms. The van der Waals surface area contributed by atoms with Gasteiger partial charge in [-0.1, -0.05) is 339 Å². The summed E-state index contributed by atoms with van der Waals surface area (Å²) in [6.45, 7) is 4.91. The van der Waals surface area contributed by atoms with E-state index >= 15 is 0 Å². The quantitative estimate of drug-likeness (QED) is 0.0320. The monoisotopic (exact) mass is 1080 g/mol. The van der Waals surface area contributed by atoms with Crippen LogP contribution in [0.2, 0.25) is 0 Å². The number of hydrogen-bond donors (Lipinski definition) is 3. The summed E-state index contributed by atoms with van der Waals surface area (Å²) in [6, 6.07) is -0.625. The first-order valence-electron chi connectivity index (χ1n) is 34.8. The highest BCUT2D eigenvalue weighted by Crippen LogP contribution is 2.18. The van der Waals surface area contributed by atoms with E-state index in [1.54, 1.807) is 6.08 Å². The zero-order chi connectivity index (χ0) is 55.7. The van der Waals surface area contributed by atoms with Crippen LogP contribution in [0.4, 0.5) is 0 Å². The molecule has 0 bridgehead atoms. The van der Waals surface area contributed by atoms with Crippen molar-refractivity contribution in [3.63, 3.8) is 0 Å². The molecule has 0 spiro atoms. The van der Waals surface area contributed by atoms with Gasteiger partial charge in [0.1, 0.15) is 0 Å². The Kier molecular flexibility index (Phi) is 64.9. The molecular formula is C71H135NO5. The van der Waals surface area contributed by atoms with E-state index in [0.29, 0.717) is 19.4 Å².